The van der Waals surface area contributed by atoms with Crippen LogP contribution < -0.4 is 33.9 Å². The molecule has 0 radical (unpaired) electrons. The second-order valence-corrected chi connectivity index (χ2v) is 8.83. The number of para-hydroxylation sites is 1. The van der Waals surface area contributed by atoms with Crippen LogP contribution in [0.4, 0.5) is 11.4 Å². The predicted molar refractivity (Wildman–Crippen MR) is 142 cm³/mol. The normalized spacial score (nSPS) is 17.8. The van der Waals surface area contributed by atoms with Gasteiger partial charge in [-0.2, -0.15) is 0 Å². The summed E-state index contributed by atoms with van der Waals surface area (Å²) in [4.78, 5) is 28.9. The number of benzene rings is 3. The first-order chi connectivity index (χ1) is 18.4. The summed E-state index contributed by atoms with van der Waals surface area (Å²) in [6, 6.07) is 17.8. The summed E-state index contributed by atoms with van der Waals surface area (Å²) in [5.74, 6) is 2.08. The maximum absolute atomic E-state index is 14.2. The molecule has 2 heterocycles. The van der Waals surface area contributed by atoms with Crippen LogP contribution in [0.2, 0.25) is 0 Å². The molecular formula is C29H28N2O7. The lowest BCUT2D eigenvalue weighted by molar-refractivity contribution is -0.135. The third kappa shape index (κ3) is 4.06. The number of ether oxygens (including phenoxy) is 5. The molecule has 3 aromatic rings. The van der Waals surface area contributed by atoms with Gasteiger partial charge in [-0.3, -0.25) is 14.5 Å². The molecule has 0 spiro atoms. The second-order valence-electron chi connectivity index (χ2n) is 8.83. The van der Waals surface area contributed by atoms with Crippen molar-refractivity contribution in [1.29, 1.82) is 0 Å². The fraction of sp³-hybridized carbons (Fsp3) is 0.241. The molecule has 1 N–H and O–H groups in total. The third-order valence-corrected chi connectivity index (χ3v) is 6.84. The number of amides is 2. The van der Waals surface area contributed by atoms with Gasteiger partial charge in [-0.25, -0.2) is 0 Å². The number of nitrogens with zero attached hydrogens (tertiary/aromatic N) is 1. The molecule has 2 aliphatic heterocycles. The summed E-state index contributed by atoms with van der Waals surface area (Å²) < 4.78 is 27.6. The number of fused-ring (bicyclic) bond motifs is 1. The van der Waals surface area contributed by atoms with Crippen molar-refractivity contribution in [2.24, 2.45) is 0 Å². The number of nitrogens with one attached hydrogen (secondary N) is 1. The van der Waals surface area contributed by atoms with E-state index in [-0.39, 0.29) is 24.8 Å². The molecule has 0 bridgehead atoms. The van der Waals surface area contributed by atoms with Crippen LogP contribution in [0.3, 0.4) is 0 Å². The average Bonchev–Trinajstić information content (AvgIpc) is 2.95. The molecule has 9 heteroatoms. The molecule has 5 rings (SSSR count). The SMILES string of the molecule is COc1ccc(NC(=O)C2(C3=Cc4ccccc4OC3)CC(=O)N2c2ccc(OC)c(OC)c2)cc1OC. The standard InChI is InChI=1S/C29H28N2O7/c1-34-23-11-9-20(14-25(23)36-3)30-28(33)29(19-13-18-7-5-6-8-22(18)38-17-19)16-27(32)31(29)21-10-12-24(35-2)26(15-21)37-4/h5-15H,16-17H2,1-4H3,(H,30,33). The molecule has 1 fully saturated rings. The van der Waals surface area contributed by atoms with E-state index in [1.165, 1.54) is 26.2 Å². The molecule has 1 unspecified atom stereocenters. The van der Waals surface area contributed by atoms with Crippen LogP contribution in [-0.4, -0.2) is 52.4 Å². The molecule has 2 aliphatic rings. The van der Waals surface area contributed by atoms with Gasteiger partial charge in [-0.1, -0.05) is 18.2 Å². The van der Waals surface area contributed by atoms with Gasteiger partial charge in [0, 0.05) is 34.6 Å². The van der Waals surface area contributed by atoms with Crippen LogP contribution in [0.1, 0.15) is 12.0 Å². The van der Waals surface area contributed by atoms with E-state index in [9.17, 15) is 9.59 Å². The van der Waals surface area contributed by atoms with Crippen molar-refractivity contribution in [3.05, 3.63) is 71.8 Å². The zero-order valence-corrected chi connectivity index (χ0v) is 21.6. The predicted octanol–water partition coefficient (Wildman–Crippen LogP) is 4.31. The van der Waals surface area contributed by atoms with Crippen molar-refractivity contribution in [3.8, 4) is 28.7 Å². The Hall–Kier alpha value is -4.66. The zero-order valence-electron chi connectivity index (χ0n) is 21.6. The van der Waals surface area contributed by atoms with Crippen molar-refractivity contribution < 1.29 is 33.3 Å². The Kier molecular flexibility index (Phi) is 6.59. The highest BCUT2D eigenvalue weighted by molar-refractivity contribution is 6.19. The second kappa shape index (κ2) is 10.0. The maximum atomic E-state index is 14.2. The van der Waals surface area contributed by atoms with Gasteiger partial charge in [-0.05, 0) is 36.4 Å². The van der Waals surface area contributed by atoms with E-state index < -0.39 is 5.54 Å². The molecule has 1 saturated heterocycles. The number of β-lactam (4-membered cyclic amide) rings is 1. The fourth-order valence-electron chi connectivity index (χ4n) is 4.92. The van der Waals surface area contributed by atoms with Crippen molar-refractivity contribution >= 4 is 29.3 Å². The van der Waals surface area contributed by atoms with E-state index in [0.717, 1.165) is 11.3 Å². The van der Waals surface area contributed by atoms with E-state index >= 15 is 0 Å². The first kappa shape index (κ1) is 25.0. The van der Waals surface area contributed by atoms with Crippen LogP contribution in [0.25, 0.3) is 6.08 Å². The highest BCUT2D eigenvalue weighted by Crippen LogP contribution is 2.47. The summed E-state index contributed by atoms with van der Waals surface area (Å²) in [5.41, 5.74) is 1.15. The molecule has 1 atom stereocenters. The number of methoxy groups -OCH3 is 4. The lowest BCUT2D eigenvalue weighted by Gasteiger charge is -2.52. The van der Waals surface area contributed by atoms with E-state index in [1.54, 1.807) is 43.5 Å². The molecule has 196 valence electrons. The Labute approximate surface area is 220 Å². The Morgan fingerprint density at radius 3 is 2.21 bits per heavy atom. The monoisotopic (exact) mass is 516 g/mol. The Bertz CT molecular complexity index is 1430. The fourth-order valence-corrected chi connectivity index (χ4v) is 4.92. The lowest BCUT2D eigenvalue weighted by Crippen LogP contribution is -2.71. The summed E-state index contributed by atoms with van der Waals surface area (Å²) in [7, 11) is 6.12. The Balaban J connectivity index is 1.60. The number of hydrogen-bond donors (Lipinski definition) is 1. The largest absolute Gasteiger partial charge is 0.493 e. The Morgan fingerprint density at radius 2 is 1.53 bits per heavy atom. The molecule has 2 amide bonds. The minimum absolute atomic E-state index is 0.0299. The number of anilines is 2. The summed E-state index contributed by atoms with van der Waals surface area (Å²) >= 11 is 0. The van der Waals surface area contributed by atoms with Crippen molar-refractivity contribution in [3.63, 3.8) is 0 Å². The molecule has 0 aliphatic carbocycles. The van der Waals surface area contributed by atoms with Crippen molar-refractivity contribution in [1.82, 2.24) is 0 Å². The van der Waals surface area contributed by atoms with E-state index in [2.05, 4.69) is 5.32 Å². The van der Waals surface area contributed by atoms with Crippen molar-refractivity contribution in [2.45, 2.75) is 12.0 Å². The van der Waals surface area contributed by atoms with Crippen LogP contribution in [0.15, 0.2) is 66.2 Å². The summed E-state index contributed by atoms with van der Waals surface area (Å²) in [6.45, 7) is 0.146. The molecule has 0 aromatic heterocycles. The van der Waals surface area contributed by atoms with Crippen LogP contribution in [0.5, 0.6) is 28.7 Å². The summed E-state index contributed by atoms with van der Waals surface area (Å²) in [5, 5.41) is 2.98. The maximum Gasteiger partial charge on any atom is 0.255 e. The molecule has 3 aromatic carbocycles. The number of rotatable bonds is 8. The minimum Gasteiger partial charge on any atom is -0.493 e. The zero-order chi connectivity index (χ0) is 26.9. The quantitative estimate of drug-likeness (QED) is 0.446. The number of carbonyl (C=O) groups excluding carboxylic acids is 2. The van der Waals surface area contributed by atoms with E-state index in [1.807, 2.05) is 30.3 Å². The number of hydrogen-bond acceptors (Lipinski definition) is 7. The first-order valence-corrected chi connectivity index (χ1v) is 12.0. The van der Waals surface area contributed by atoms with Gasteiger partial charge in [0.05, 0.1) is 34.9 Å². The highest BCUT2D eigenvalue weighted by atomic mass is 16.5. The average molecular weight is 517 g/mol. The summed E-state index contributed by atoms with van der Waals surface area (Å²) in [6.07, 6.45) is 1.89. The smallest absolute Gasteiger partial charge is 0.255 e. The van der Waals surface area contributed by atoms with E-state index in [0.29, 0.717) is 39.9 Å². The van der Waals surface area contributed by atoms with Crippen LogP contribution >= 0.6 is 0 Å². The molecule has 38 heavy (non-hydrogen) atoms. The van der Waals surface area contributed by atoms with Gasteiger partial charge in [0.2, 0.25) is 5.91 Å². The van der Waals surface area contributed by atoms with Crippen LogP contribution in [0, 0.1) is 0 Å². The molecule has 0 saturated carbocycles. The van der Waals surface area contributed by atoms with E-state index in [4.69, 9.17) is 23.7 Å². The number of carbonyl (C=O) groups is 2. The van der Waals surface area contributed by atoms with Gasteiger partial charge in [-0.15, -0.1) is 0 Å². The van der Waals surface area contributed by atoms with Gasteiger partial charge in [0.1, 0.15) is 12.4 Å². The van der Waals surface area contributed by atoms with Crippen LogP contribution in [-0.2, 0) is 9.59 Å². The third-order valence-electron chi connectivity index (χ3n) is 6.84. The lowest BCUT2D eigenvalue weighted by atomic mass is 9.74. The highest BCUT2D eigenvalue weighted by Gasteiger charge is 2.60. The topological polar surface area (TPSA) is 95.6 Å². The van der Waals surface area contributed by atoms with Gasteiger partial charge in [0.25, 0.3) is 5.91 Å². The first-order valence-electron chi connectivity index (χ1n) is 12.0. The van der Waals surface area contributed by atoms with Gasteiger partial charge < -0.3 is 29.0 Å². The minimum atomic E-state index is -1.34. The van der Waals surface area contributed by atoms with Gasteiger partial charge >= 0.3 is 0 Å². The Morgan fingerprint density at radius 1 is 0.868 bits per heavy atom. The van der Waals surface area contributed by atoms with Crippen molar-refractivity contribution in [2.75, 3.05) is 45.3 Å². The van der Waals surface area contributed by atoms with Gasteiger partial charge in [0.15, 0.2) is 28.5 Å². The molecular weight excluding hydrogens is 488 g/mol. The molecule has 9 nitrogen and oxygen atoms in total.